The summed E-state index contributed by atoms with van der Waals surface area (Å²) >= 11 is 0. The summed E-state index contributed by atoms with van der Waals surface area (Å²) in [5, 5.41) is 2.80. The highest BCUT2D eigenvalue weighted by Gasteiger charge is 2.40. The van der Waals surface area contributed by atoms with Crippen LogP contribution in [0.5, 0.6) is 0 Å². The number of amides is 3. The van der Waals surface area contributed by atoms with Crippen LogP contribution in [0.4, 0.5) is 0 Å². The molecule has 1 N–H and O–H groups in total. The number of furan rings is 1. The topological polar surface area (TPSA) is 82.9 Å². The molecule has 7 heteroatoms. The summed E-state index contributed by atoms with van der Waals surface area (Å²) < 4.78 is 5.20. The SMILES string of the molecule is O=C(NCc1ccco1)c1ccc(CN2CC(=O)N3CCCCC3C2=O)cc1. The van der Waals surface area contributed by atoms with Crippen molar-refractivity contribution in [3.63, 3.8) is 0 Å². The fourth-order valence-corrected chi connectivity index (χ4v) is 3.83. The standard InChI is InChI=1S/C21H23N3O4/c25-19-14-23(21(27)18-5-1-2-10-24(18)19)13-15-6-8-16(9-7-15)20(26)22-12-17-4-3-11-28-17/h3-4,6-9,11,18H,1-2,5,10,12-14H2,(H,22,26). The monoisotopic (exact) mass is 381 g/mol. The van der Waals surface area contributed by atoms with Crippen LogP contribution in [0.2, 0.25) is 0 Å². The lowest BCUT2D eigenvalue weighted by atomic mass is 9.98. The first-order chi connectivity index (χ1) is 13.6. The normalized spacial score (nSPS) is 19.5. The van der Waals surface area contributed by atoms with Gasteiger partial charge in [0.15, 0.2) is 0 Å². The van der Waals surface area contributed by atoms with Gasteiger partial charge in [0.05, 0.1) is 12.8 Å². The van der Waals surface area contributed by atoms with E-state index in [0.717, 1.165) is 24.8 Å². The lowest BCUT2D eigenvalue weighted by molar-refractivity contribution is -0.158. The van der Waals surface area contributed by atoms with Gasteiger partial charge >= 0.3 is 0 Å². The molecule has 1 unspecified atom stereocenters. The van der Waals surface area contributed by atoms with Crippen molar-refractivity contribution >= 4 is 17.7 Å². The average Bonchev–Trinajstić information content (AvgIpc) is 3.24. The molecular formula is C21H23N3O4. The predicted molar refractivity (Wildman–Crippen MR) is 101 cm³/mol. The number of rotatable bonds is 5. The summed E-state index contributed by atoms with van der Waals surface area (Å²) in [6, 6.07) is 10.4. The summed E-state index contributed by atoms with van der Waals surface area (Å²) in [6.45, 7) is 1.52. The minimum absolute atomic E-state index is 0.0261. The van der Waals surface area contributed by atoms with E-state index in [9.17, 15) is 14.4 Å². The number of carbonyl (C=O) groups excluding carboxylic acids is 3. The van der Waals surface area contributed by atoms with Gasteiger partial charge in [-0.2, -0.15) is 0 Å². The van der Waals surface area contributed by atoms with E-state index in [-0.39, 0.29) is 30.3 Å². The number of hydrogen-bond acceptors (Lipinski definition) is 4. The molecule has 1 aromatic carbocycles. The van der Waals surface area contributed by atoms with Crippen LogP contribution < -0.4 is 5.32 Å². The smallest absolute Gasteiger partial charge is 0.251 e. The third kappa shape index (κ3) is 3.78. The van der Waals surface area contributed by atoms with Crippen molar-refractivity contribution < 1.29 is 18.8 Å². The van der Waals surface area contributed by atoms with E-state index < -0.39 is 0 Å². The van der Waals surface area contributed by atoms with Crippen LogP contribution in [-0.4, -0.2) is 46.7 Å². The van der Waals surface area contributed by atoms with Gasteiger partial charge in [0, 0.05) is 18.7 Å². The molecule has 2 aliphatic rings. The fraction of sp³-hybridized carbons (Fsp3) is 0.381. The highest BCUT2D eigenvalue weighted by molar-refractivity contribution is 5.95. The Labute approximate surface area is 163 Å². The zero-order chi connectivity index (χ0) is 19.5. The van der Waals surface area contributed by atoms with Crippen LogP contribution in [0.3, 0.4) is 0 Å². The second kappa shape index (κ2) is 7.88. The lowest BCUT2D eigenvalue weighted by Crippen LogP contribution is -2.60. The van der Waals surface area contributed by atoms with Crippen molar-refractivity contribution in [2.75, 3.05) is 13.1 Å². The third-order valence-corrected chi connectivity index (χ3v) is 5.34. The quantitative estimate of drug-likeness (QED) is 0.858. The molecular weight excluding hydrogens is 358 g/mol. The third-order valence-electron chi connectivity index (χ3n) is 5.34. The Morgan fingerprint density at radius 2 is 1.96 bits per heavy atom. The van der Waals surface area contributed by atoms with Crippen molar-refractivity contribution in [1.82, 2.24) is 15.1 Å². The number of hydrogen-bond donors (Lipinski definition) is 1. The Kier molecular flexibility index (Phi) is 5.14. The van der Waals surface area contributed by atoms with Crippen LogP contribution in [0.25, 0.3) is 0 Å². The zero-order valence-corrected chi connectivity index (χ0v) is 15.6. The Morgan fingerprint density at radius 1 is 1.14 bits per heavy atom. The largest absolute Gasteiger partial charge is 0.467 e. The molecule has 3 heterocycles. The fourth-order valence-electron chi connectivity index (χ4n) is 3.83. The lowest BCUT2D eigenvalue weighted by Gasteiger charge is -2.42. The van der Waals surface area contributed by atoms with Crippen molar-refractivity contribution in [1.29, 1.82) is 0 Å². The molecule has 0 bridgehead atoms. The highest BCUT2D eigenvalue weighted by Crippen LogP contribution is 2.24. The van der Waals surface area contributed by atoms with Gasteiger partial charge < -0.3 is 19.5 Å². The molecule has 146 valence electrons. The van der Waals surface area contributed by atoms with Gasteiger partial charge in [-0.15, -0.1) is 0 Å². The molecule has 2 aliphatic heterocycles. The molecule has 0 spiro atoms. The summed E-state index contributed by atoms with van der Waals surface area (Å²) in [5.41, 5.74) is 1.43. The maximum atomic E-state index is 12.7. The van der Waals surface area contributed by atoms with E-state index in [4.69, 9.17) is 4.42 Å². The number of fused-ring (bicyclic) bond motifs is 1. The van der Waals surface area contributed by atoms with Gasteiger partial charge in [0.25, 0.3) is 5.91 Å². The first kappa shape index (κ1) is 18.3. The van der Waals surface area contributed by atoms with E-state index >= 15 is 0 Å². The Bertz CT molecular complexity index is 860. The van der Waals surface area contributed by atoms with Gasteiger partial charge in [-0.3, -0.25) is 14.4 Å². The second-order valence-corrected chi connectivity index (χ2v) is 7.25. The molecule has 0 aliphatic carbocycles. The summed E-state index contributed by atoms with van der Waals surface area (Å²) in [5.74, 6) is 0.554. The summed E-state index contributed by atoms with van der Waals surface area (Å²) in [7, 11) is 0. The molecule has 1 atom stereocenters. The molecule has 0 radical (unpaired) electrons. The number of benzene rings is 1. The number of piperidine rings is 1. The molecule has 2 saturated heterocycles. The van der Waals surface area contributed by atoms with Crippen LogP contribution in [0.15, 0.2) is 47.1 Å². The maximum Gasteiger partial charge on any atom is 0.251 e. The van der Waals surface area contributed by atoms with Crippen LogP contribution in [-0.2, 0) is 22.7 Å². The molecule has 1 aromatic heterocycles. The van der Waals surface area contributed by atoms with Crippen molar-refractivity contribution in [3.05, 3.63) is 59.5 Å². The molecule has 4 rings (SSSR count). The van der Waals surface area contributed by atoms with Crippen molar-refractivity contribution in [2.45, 2.75) is 38.4 Å². The highest BCUT2D eigenvalue weighted by atomic mass is 16.3. The predicted octanol–water partition coefficient (Wildman–Crippen LogP) is 1.93. The summed E-state index contributed by atoms with van der Waals surface area (Å²) in [4.78, 5) is 40.7. The van der Waals surface area contributed by atoms with Crippen LogP contribution in [0.1, 0.15) is 40.9 Å². The van der Waals surface area contributed by atoms with Gasteiger partial charge in [-0.25, -0.2) is 0 Å². The minimum atomic E-state index is -0.304. The van der Waals surface area contributed by atoms with E-state index in [1.54, 1.807) is 40.3 Å². The van der Waals surface area contributed by atoms with Gasteiger partial charge in [0.1, 0.15) is 18.3 Å². The molecule has 2 fully saturated rings. The first-order valence-corrected chi connectivity index (χ1v) is 9.59. The van der Waals surface area contributed by atoms with Crippen molar-refractivity contribution in [2.24, 2.45) is 0 Å². The molecule has 7 nitrogen and oxygen atoms in total. The Morgan fingerprint density at radius 3 is 2.71 bits per heavy atom. The molecule has 3 amide bonds. The van der Waals surface area contributed by atoms with Gasteiger partial charge in [0.2, 0.25) is 11.8 Å². The Balaban J connectivity index is 1.37. The Hall–Kier alpha value is -3.09. The maximum absolute atomic E-state index is 12.7. The van der Waals surface area contributed by atoms with Gasteiger partial charge in [-0.05, 0) is 49.1 Å². The summed E-state index contributed by atoms with van der Waals surface area (Å²) in [6.07, 6.45) is 4.26. The second-order valence-electron chi connectivity index (χ2n) is 7.25. The van der Waals surface area contributed by atoms with E-state index in [1.807, 2.05) is 12.1 Å². The zero-order valence-electron chi connectivity index (χ0n) is 15.6. The minimum Gasteiger partial charge on any atom is -0.467 e. The molecule has 0 saturated carbocycles. The van der Waals surface area contributed by atoms with E-state index in [2.05, 4.69) is 5.32 Å². The first-order valence-electron chi connectivity index (χ1n) is 9.59. The number of carbonyl (C=O) groups is 3. The number of nitrogens with one attached hydrogen (secondary N) is 1. The van der Waals surface area contributed by atoms with E-state index in [0.29, 0.717) is 31.0 Å². The number of nitrogens with zero attached hydrogens (tertiary/aromatic N) is 2. The molecule has 28 heavy (non-hydrogen) atoms. The van der Waals surface area contributed by atoms with Gasteiger partial charge in [-0.1, -0.05) is 12.1 Å². The van der Waals surface area contributed by atoms with Crippen LogP contribution >= 0.6 is 0 Å². The average molecular weight is 381 g/mol. The van der Waals surface area contributed by atoms with Crippen LogP contribution in [0, 0.1) is 0 Å². The molecule has 2 aromatic rings. The van der Waals surface area contributed by atoms with Crippen molar-refractivity contribution in [3.8, 4) is 0 Å². The number of piperazine rings is 1. The van der Waals surface area contributed by atoms with E-state index in [1.165, 1.54) is 0 Å².